The van der Waals surface area contributed by atoms with Gasteiger partial charge in [-0.3, -0.25) is 14.7 Å². The van der Waals surface area contributed by atoms with E-state index in [2.05, 4.69) is 10.2 Å². The number of aromatic amines is 1. The van der Waals surface area contributed by atoms with Gasteiger partial charge in [-0.25, -0.2) is 0 Å². The number of ether oxygens (including phenoxy) is 2. The molecular formula is C24H32N4O4. The molecule has 2 fully saturated rings. The minimum Gasteiger partial charge on any atom is -0.497 e. The van der Waals surface area contributed by atoms with Crippen LogP contribution in [0.2, 0.25) is 0 Å². The van der Waals surface area contributed by atoms with Gasteiger partial charge in [0.05, 0.1) is 43.2 Å². The summed E-state index contributed by atoms with van der Waals surface area (Å²) in [6.07, 6.45) is 3.70. The lowest BCUT2D eigenvalue weighted by molar-refractivity contribution is -0.131. The number of hydrogen-bond acceptors (Lipinski definition) is 5. The van der Waals surface area contributed by atoms with Crippen molar-refractivity contribution < 1.29 is 19.1 Å². The Hall–Kier alpha value is -2.87. The van der Waals surface area contributed by atoms with Crippen molar-refractivity contribution in [2.75, 3.05) is 33.3 Å². The van der Waals surface area contributed by atoms with Crippen molar-refractivity contribution in [3.63, 3.8) is 0 Å². The third-order valence-corrected chi connectivity index (χ3v) is 6.38. The van der Waals surface area contributed by atoms with Crippen LogP contribution in [0.3, 0.4) is 0 Å². The highest BCUT2D eigenvalue weighted by molar-refractivity contribution is 5.95. The first kappa shape index (κ1) is 22.3. The lowest BCUT2D eigenvalue weighted by Crippen LogP contribution is -2.48. The average molecular weight is 441 g/mol. The Labute approximate surface area is 188 Å². The molecule has 0 radical (unpaired) electrons. The van der Waals surface area contributed by atoms with Crippen LogP contribution in [0.15, 0.2) is 30.5 Å². The van der Waals surface area contributed by atoms with Crippen LogP contribution >= 0.6 is 0 Å². The van der Waals surface area contributed by atoms with Crippen molar-refractivity contribution >= 4 is 11.8 Å². The molecule has 2 saturated heterocycles. The largest absolute Gasteiger partial charge is 0.497 e. The minimum absolute atomic E-state index is 0.00811. The molecule has 8 heteroatoms. The molecule has 0 bridgehead atoms. The molecule has 172 valence electrons. The van der Waals surface area contributed by atoms with Crippen LogP contribution in [0.25, 0.3) is 0 Å². The number of carbonyl (C=O) groups is 2. The Morgan fingerprint density at radius 1 is 1.09 bits per heavy atom. The van der Waals surface area contributed by atoms with E-state index in [1.165, 1.54) is 0 Å². The van der Waals surface area contributed by atoms with Gasteiger partial charge in [0.15, 0.2) is 0 Å². The number of benzene rings is 1. The third kappa shape index (κ3) is 4.96. The zero-order valence-electron chi connectivity index (χ0n) is 19.0. The molecule has 2 aromatic rings. The van der Waals surface area contributed by atoms with Gasteiger partial charge in [-0.2, -0.15) is 5.10 Å². The van der Waals surface area contributed by atoms with E-state index in [0.717, 1.165) is 29.8 Å². The Morgan fingerprint density at radius 2 is 1.75 bits per heavy atom. The number of nitrogens with zero attached hydrogens (tertiary/aromatic N) is 3. The number of aromatic nitrogens is 2. The summed E-state index contributed by atoms with van der Waals surface area (Å²) in [6, 6.07) is 7.61. The van der Waals surface area contributed by atoms with E-state index in [9.17, 15) is 9.59 Å². The fourth-order valence-corrected chi connectivity index (χ4v) is 4.74. The van der Waals surface area contributed by atoms with Crippen LogP contribution in [0.4, 0.5) is 0 Å². The number of rotatable bonds is 5. The van der Waals surface area contributed by atoms with Crippen molar-refractivity contribution in [2.45, 2.75) is 51.2 Å². The molecule has 2 aliphatic rings. The predicted molar refractivity (Wildman–Crippen MR) is 120 cm³/mol. The van der Waals surface area contributed by atoms with E-state index in [4.69, 9.17) is 9.47 Å². The molecule has 3 heterocycles. The van der Waals surface area contributed by atoms with Crippen molar-refractivity contribution in [3.8, 4) is 5.75 Å². The molecule has 4 rings (SSSR count). The predicted octanol–water partition coefficient (Wildman–Crippen LogP) is 2.62. The van der Waals surface area contributed by atoms with Crippen LogP contribution in [0.5, 0.6) is 5.75 Å². The van der Waals surface area contributed by atoms with Gasteiger partial charge in [-0.05, 0) is 44.4 Å². The number of morpholine rings is 1. The van der Waals surface area contributed by atoms with Gasteiger partial charge >= 0.3 is 0 Å². The molecule has 1 aromatic carbocycles. The number of hydrogen-bond donors (Lipinski definition) is 1. The summed E-state index contributed by atoms with van der Waals surface area (Å²) in [5.41, 5.74) is 2.52. The highest BCUT2D eigenvalue weighted by Crippen LogP contribution is 2.30. The summed E-state index contributed by atoms with van der Waals surface area (Å²) < 4.78 is 10.9. The van der Waals surface area contributed by atoms with Crippen LogP contribution < -0.4 is 4.74 Å². The Kier molecular flexibility index (Phi) is 6.79. The van der Waals surface area contributed by atoms with Gasteiger partial charge in [-0.15, -0.1) is 0 Å². The van der Waals surface area contributed by atoms with Gasteiger partial charge in [0, 0.05) is 32.1 Å². The summed E-state index contributed by atoms with van der Waals surface area (Å²) in [5.74, 6) is 1.12. The van der Waals surface area contributed by atoms with Gasteiger partial charge in [0.1, 0.15) is 5.75 Å². The van der Waals surface area contributed by atoms with E-state index in [0.29, 0.717) is 38.2 Å². The third-order valence-electron chi connectivity index (χ3n) is 6.38. The fraction of sp³-hybridized carbons (Fsp3) is 0.542. The molecule has 1 N–H and O–H groups in total. The van der Waals surface area contributed by atoms with Gasteiger partial charge in [0.2, 0.25) is 5.91 Å². The van der Waals surface area contributed by atoms with E-state index in [-0.39, 0.29) is 29.9 Å². The lowest BCUT2D eigenvalue weighted by atomic mass is 9.90. The quantitative estimate of drug-likeness (QED) is 0.772. The van der Waals surface area contributed by atoms with Crippen LogP contribution in [-0.4, -0.2) is 77.3 Å². The van der Waals surface area contributed by atoms with E-state index in [1.54, 1.807) is 13.3 Å². The Morgan fingerprint density at radius 3 is 2.38 bits per heavy atom. The number of nitrogens with one attached hydrogen (secondary N) is 1. The number of carbonyl (C=O) groups excluding carboxylic acids is 2. The molecule has 0 aliphatic carbocycles. The first-order valence-corrected chi connectivity index (χ1v) is 11.3. The monoisotopic (exact) mass is 440 g/mol. The molecule has 8 nitrogen and oxygen atoms in total. The molecule has 2 aliphatic heterocycles. The van der Waals surface area contributed by atoms with E-state index >= 15 is 0 Å². The highest BCUT2D eigenvalue weighted by atomic mass is 16.5. The van der Waals surface area contributed by atoms with Crippen molar-refractivity contribution in [3.05, 3.63) is 47.3 Å². The minimum atomic E-state index is 0.00811. The number of likely N-dealkylation sites (tertiary alicyclic amines) is 1. The maximum absolute atomic E-state index is 13.2. The molecule has 0 unspecified atom stereocenters. The smallest absolute Gasteiger partial charge is 0.257 e. The van der Waals surface area contributed by atoms with Crippen LogP contribution in [0.1, 0.15) is 54.2 Å². The first-order valence-electron chi connectivity index (χ1n) is 11.3. The number of methoxy groups -OCH3 is 1. The summed E-state index contributed by atoms with van der Waals surface area (Å²) in [4.78, 5) is 29.7. The second-order valence-corrected chi connectivity index (χ2v) is 8.84. The SMILES string of the molecule is COc1ccc(CC(=O)N2CCC(c3[nH]ncc3C(=O)N3C[C@@H](C)O[C@H](C)C3)CC2)cc1. The second kappa shape index (κ2) is 9.73. The Bertz CT molecular complexity index is 924. The van der Waals surface area contributed by atoms with Gasteiger partial charge < -0.3 is 19.3 Å². The van der Waals surface area contributed by atoms with E-state index < -0.39 is 0 Å². The van der Waals surface area contributed by atoms with Crippen LogP contribution in [0, 0.1) is 0 Å². The van der Waals surface area contributed by atoms with Crippen LogP contribution in [-0.2, 0) is 16.0 Å². The van der Waals surface area contributed by atoms with Crippen molar-refractivity contribution in [2.24, 2.45) is 0 Å². The van der Waals surface area contributed by atoms with Gasteiger partial charge in [-0.1, -0.05) is 12.1 Å². The molecule has 32 heavy (non-hydrogen) atoms. The van der Waals surface area contributed by atoms with Crippen molar-refractivity contribution in [1.29, 1.82) is 0 Å². The Balaban J connectivity index is 1.35. The zero-order chi connectivity index (χ0) is 22.7. The molecule has 0 spiro atoms. The first-order chi connectivity index (χ1) is 15.4. The molecule has 2 atom stereocenters. The maximum atomic E-state index is 13.2. The number of H-pyrrole nitrogens is 1. The molecular weight excluding hydrogens is 408 g/mol. The highest BCUT2D eigenvalue weighted by Gasteiger charge is 2.32. The van der Waals surface area contributed by atoms with Crippen molar-refractivity contribution in [1.82, 2.24) is 20.0 Å². The van der Waals surface area contributed by atoms with Gasteiger partial charge in [0.25, 0.3) is 5.91 Å². The zero-order valence-corrected chi connectivity index (χ0v) is 19.0. The maximum Gasteiger partial charge on any atom is 0.257 e. The summed E-state index contributed by atoms with van der Waals surface area (Å²) in [6.45, 7) is 6.52. The molecule has 1 aromatic heterocycles. The summed E-state index contributed by atoms with van der Waals surface area (Å²) >= 11 is 0. The molecule has 2 amide bonds. The standard InChI is InChI=1S/C24H32N4O4/c1-16-14-28(15-17(2)32-16)24(30)21-13-25-26-23(21)19-8-10-27(11-9-19)22(29)12-18-4-6-20(31-3)7-5-18/h4-7,13,16-17,19H,8-12,14-15H2,1-3H3,(H,25,26)/t16-,17-/m1/s1. The fourth-order valence-electron chi connectivity index (χ4n) is 4.74. The second-order valence-electron chi connectivity index (χ2n) is 8.84. The topological polar surface area (TPSA) is 87.8 Å². The number of piperidine rings is 1. The average Bonchev–Trinajstić information content (AvgIpc) is 3.28. The molecule has 0 saturated carbocycles. The summed E-state index contributed by atoms with van der Waals surface area (Å²) in [7, 11) is 1.63. The van der Waals surface area contributed by atoms with E-state index in [1.807, 2.05) is 47.9 Å². The summed E-state index contributed by atoms with van der Waals surface area (Å²) in [5, 5.41) is 7.25. The lowest BCUT2D eigenvalue weighted by Gasteiger charge is -2.36. The number of amides is 2. The normalized spacial score (nSPS) is 22.1.